The molecule has 3 aromatic rings. The van der Waals surface area contributed by atoms with Crippen LogP contribution in [-0.2, 0) is 24.1 Å². The number of aryl methyl sites for hydroxylation is 1. The minimum Gasteiger partial charge on any atom is -0.321 e. The standard InChI is InChI=1S/C19H19ClF3N5O/c1-11-18(25-17(29)10-27-12(2)16(20)8-24-27)13(3)28(26-11)9-14-5-4-6-15(7-14)19(21,22)23/h4-8H,9-10H2,1-3H3,(H,25,29). The Morgan fingerprint density at radius 2 is 1.90 bits per heavy atom. The number of nitrogens with zero attached hydrogens (tertiary/aromatic N) is 4. The number of carbonyl (C=O) groups is 1. The number of amides is 1. The van der Waals surface area contributed by atoms with Crippen LogP contribution in [0.15, 0.2) is 30.5 Å². The molecule has 1 N–H and O–H groups in total. The number of rotatable bonds is 5. The van der Waals surface area contributed by atoms with E-state index in [1.54, 1.807) is 31.5 Å². The molecule has 1 amide bonds. The van der Waals surface area contributed by atoms with E-state index in [-0.39, 0.29) is 19.0 Å². The summed E-state index contributed by atoms with van der Waals surface area (Å²) in [6, 6.07) is 5.09. The zero-order chi connectivity index (χ0) is 21.3. The molecule has 0 aliphatic heterocycles. The maximum absolute atomic E-state index is 12.9. The first-order valence-electron chi connectivity index (χ1n) is 8.74. The van der Waals surface area contributed by atoms with Crippen molar-refractivity contribution < 1.29 is 18.0 Å². The summed E-state index contributed by atoms with van der Waals surface area (Å²) in [5.41, 5.74) is 2.17. The van der Waals surface area contributed by atoms with Crippen molar-refractivity contribution in [1.29, 1.82) is 0 Å². The number of anilines is 1. The summed E-state index contributed by atoms with van der Waals surface area (Å²) < 4.78 is 41.8. The SMILES string of the molecule is Cc1nn(Cc2cccc(C(F)(F)F)c2)c(C)c1NC(=O)Cn1ncc(Cl)c1C. The van der Waals surface area contributed by atoms with Crippen molar-refractivity contribution in [1.82, 2.24) is 19.6 Å². The smallest absolute Gasteiger partial charge is 0.321 e. The maximum Gasteiger partial charge on any atom is 0.416 e. The summed E-state index contributed by atoms with van der Waals surface area (Å²) >= 11 is 5.94. The molecule has 2 heterocycles. The van der Waals surface area contributed by atoms with Crippen LogP contribution < -0.4 is 5.32 Å². The molecule has 0 fully saturated rings. The number of halogens is 4. The van der Waals surface area contributed by atoms with E-state index in [0.29, 0.717) is 33.4 Å². The van der Waals surface area contributed by atoms with E-state index >= 15 is 0 Å². The molecule has 0 bridgehead atoms. The highest BCUT2D eigenvalue weighted by Crippen LogP contribution is 2.30. The molecule has 0 saturated carbocycles. The third-order valence-electron chi connectivity index (χ3n) is 4.57. The summed E-state index contributed by atoms with van der Waals surface area (Å²) in [6.07, 6.45) is -2.94. The normalized spacial score (nSPS) is 11.7. The number of hydrogen-bond acceptors (Lipinski definition) is 3. The molecule has 1 aromatic carbocycles. The first kappa shape index (κ1) is 20.9. The monoisotopic (exact) mass is 425 g/mol. The second-order valence-electron chi connectivity index (χ2n) is 6.69. The van der Waals surface area contributed by atoms with Gasteiger partial charge in [0.2, 0.25) is 5.91 Å². The van der Waals surface area contributed by atoms with Gasteiger partial charge in [0.05, 0.1) is 46.1 Å². The molecule has 0 atom stereocenters. The number of alkyl halides is 3. The molecule has 3 rings (SSSR count). The molecule has 2 aromatic heterocycles. The Morgan fingerprint density at radius 1 is 1.17 bits per heavy atom. The van der Waals surface area contributed by atoms with Crippen molar-refractivity contribution in [3.8, 4) is 0 Å². The fraction of sp³-hybridized carbons (Fsp3) is 0.316. The molecule has 6 nitrogen and oxygen atoms in total. The van der Waals surface area contributed by atoms with Crippen LogP contribution >= 0.6 is 11.6 Å². The number of benzene rings is 1. The van der Waals surface area contributed by atoms with Crippen molar-refractivity contribution >= 4 is 23.2 Å². The van der Waals surface area contributed by atoms with Gasteiger partial charge in [-0.1, -0.05) is 23.7 Å². The molecule has 0 aliphatic rings. The third kappa shape index (κ3) is 4.61. The van der Waals surface area contributed by atoms with Gasteiger partial charge in [-0.25, -0.2) is 0 Å². The fourth-order valence-corrected chi connectivity index (χ4v) is 3.09. The van der Waals surface area contributed by atoms with E-state index in [2.05, 4.69) is 15.5 Å². The molecule has 29 heavy (non-hydrogen) atoms. The van der Waals surface area contributed by atoms with Crippen LogP contribution in [0.4, 0.5) is 18.9 Å². The Hall–Kier alpha value is -2.81. The van der Waals surface area contributed by atoms with Gasteiger partial charge in [0.25, 0.3) is 0 Å². The largest absolute Gasteiger partial charge is 0.416 e. The average Bonchev–Trinajstić information content (AvgIpc) is 3.09. The van der Waals surface area contributed by atoms with Crippen LogP contribution in [0.5, 0.6) is 0 Å². The Balaban J connectivity index is 1.76. The lowest BCUT2D eigenvalue weighted by molar-refractivity contribution is -0.137. The molecule has 0 radical (unpaired) electrons. The van der Waals surface area contributed by atoms with Gasteiger partial charge in [0.1, 0.15) is 6.54 Å². The van der Waals surface area contributed by atoms with Gasteiger partial charge in [-0.05, 0) is 38.5 Å². The predicted octanol–water partition coefficient (Wildman–Crippen LogP) is 4.36. The quantitative estimate of drug-likeness (QED) is 0.660. The topological polar surface area (TPSA) is 64.7 Å². The first-order chi connectivity index (χ1) is 13.6. The molecule has 0 saturated heterocycles. The molecule has 0 spiro atoms. The van der Waals surface area contributed by atoms with Crippen LogP contribution in [0, 0.1) is 20.8 Å². The lowest BCUT2D eigenvalue weighted by Crippen LogP contribution is -2.21. The number of carbonyl (C=O) groups excluding carboxylic acids is 1. The number of nitrogens with one attached hydrogen (secondary N) is 1. The lowest BCUT2D eigenvalue weighted by Gasteiger charge is -2.10. The van der Waals surface area contributed by atoms with E-state index < -0.39 is 11.7 Å². The summed E-state index contributed by atoms with van der Waals surface area (Å²) in [6.45, 7) is 5.36. The van der Waals surface area contributed by atoms with Gasteiger partial charge >= 0.3 is 6.18 Å². The first-order valence-corrected chi connectivity index (χ1v) is 9.12. The van der Waals surface area contributed by atoms with E-state index in [9.17, 15) is 18.0 Å². The van der Waals surface area contributed by atoms with Crippen molar-refractivity contribution in [3.05, 3.63) is 63.7 Å². The summed E-state index contributed by atoms with van der Waals surface area (Å²) in [5, 5.41) is 11.7. The second kappa shape index (κ2) is 7.90. The van der Waals surface area contributed by atoms with Crippen LogP contribution in [0.25, 0.3) is 0 Å². The zero-order valence-electron chi connectivity index (χ0n) is 16.0. The Labute approximate surface area is 170 Å². The highest BCUT2D eigenvalue weighted by Gasteiger charge is 2.30. The van der Waals surface area contributed by atoms with Crippen molar-refractivity contribution in [2.45, 2.75) is 40.0 Å². The molecular formula is C19H19ClF3N5O. The van der Waals surface area contributed by atoms with Crippen LogP contribution in [0.3, 0.4) is 0 Å². The van der Waals surface area contributed by atoms with Gasteiger partial charge in [0, 0.05) is 0 Å². The molecule has 154 valence electrons. The molecule has 0 aliphatic carbocycles. The highest BCUT2D eigenvalue weighted by atomic mass is 35.5. The second-order valence-corrected chi connectivity index (χ2v) is 7.09. The van der Waals surface area contributed by atoms with E-state index in [1.807, 2.05) is 0 Å². The van der Waals surface area contributed by atoms with Crippen molar-refractivity contribution in [2.24, 2.45) is 0 Å². The average molecular weight is 426 g/mol. The Morgan fingerprint density at radius 3 is 2.52 bits per heavy atom. The minimum absolute atomic E-state index is 0.0176. The highest BCUT2D eigenvalue weighted by molar-refractivity contribution is 6.31. The summed E-state index contributed by atoms with van der Waals surface area (Å²) in [5.74, 6) is -0.308. The molecule has 10 heteroatoms. The van der Waals surface area contributed by atoms with Gasteiger partial charge in [-0.15, -0.1) is 0 Å². The summed E-state index contributed by atoms with van der Waals surface area (Å²) in [4.78, 5) is 12.4. The van der Waals surface area contributed by atoms with E-state index in [1.165, 1.54) is 16.9 Å². The number of aromatic nitrogens is 4. The minimum atomic E-state index is -4.41. The van der Waals surface area contributed by atoms with Gasteiger partial charge < -0.3 is 5.32 Å². The molecular weight excluding hydrogens is 407 g/mol. The summed E-state index contributed by atoms with van der Waals surface area (Å²) in [7, 11) is 0. The fourth-order valence-electron chi connectivity index (χ4n) is 2.95. The predicted molar refractivity (Wildman–Crippen MR) is 103 cm³/mol. The zero-order valence-corrected chi connectivity index (χ0v) is 16.8. The number of hydrogen-bond donors (Lipinski definition) is 1. The van der Waals surface area contributed by atoms with Gasteiger partial charge in [0.15, 0.2) is 0 Å². The van der Waals surface area contributed by atoms with Gasteiger partial charge in [-0.2, -0.15) is 23.4 Å². The van der Waals surface area contributed by atoms with E-state index in [4.69, 9.17) is 11.6 Å². The van der Waals surface area contributed by atoms with Crippen LogP contribution in [0.2, 0.25) is 5.02 Å². The van der Waals surface area contributed by atoms with E-state index in [0.717, 1.165) is 12.1 Å². The third-order valence-corrected chi connectivity index (χ3v) is 4.94. The van der Waals surface area contributed by atoms with Crippen LogP contribution in [-0.4, -0.2) is 25.5 Å². The van der Waals surface area contributed by atoms with Crippen molar-refractivity contribution in [2.75, 3.05) is 5.32 Å². The Bertz CT molecular complexity index is 1050. The maximum atomic E-state index is 12.9. The molecule has 0 unspecified atom stereocenters. The van der Waals surface area contributed by atoms with Crippen molar-refractivity contribution in [3.63, 3.8) is 0 Å². The van der Waals surface area contributed by atoms with Gasteiger partial charge in [-0.3, -0.25) is 14.2 Å². The Kier molecular flexibility index (Phi) is 5.70. The van der Waals surface area contributed by atoms with Crippen LogP contribution in [0.1, 0.15) is 28.2 Å². The lowest BCUT2D eigenvalue weighted by atomic mass is 10.1.